The molecule has 26 heavy (non-hydrogen) atoms. The van der Waals surface area contributed by atoms with Crippen LogP contribution in [0.4, 0.5) is 0 Å². The first-order valence-corrected chi connectivity index (χ1v) is 9.17. The maximum atomic E-state index is 10.9. The maximum Gasteiger partial charge on any atom is 0.141 e. The minimum atomic E-state index is -0.849. The van der Waals surface area contributed by atoms with E-state index in [1.165, 1.54) is 0 Å². The number of aliphatic hydroxyl groups excluding tert-OH is 1. The van der Waals surface area contributed by atoms with E-state index in [1.807, 2.05) is 41.1 Å². The van der Waals surface area contributed by atoms with Crippen molar-refractivity contribution in [2.75, 3.05) is 0 Å². The molecule has 8 heteroatoms. The lowest BCUT2D eigenvalue weighted by molar-refractivity contribution is 0.208. The first-order chi connectivity index (χ1) is 12.7. The molecule has 1 unspecified atom stereocenters. The van der Waals surface area contributed by atoms with Crippen LogP contribution in [-0.2, 0) is 6.42 Å². The molecule has 5 rings (SSSR count). The van der Waals surface area contributed by atoms with Crippen LogP contribution >= 0.6 is 11.3 Å². The van der Waals surface area contributed by atoms with Crippen molar-refractivity contribution in [1.29, 1.82) is 0 Å². The summed E-state index contributed by atoms with van der Waals surface area (Å²) in [6.07, 6.45) is 7.22. The third kappa shape index (κ3) is 2.27. The summed E-state index contributed by atoms with van der Waals surface area (Å²) in [5.41, 5.74) is 3.31. The van der Waals surface area contributed by atoms with Gasteiger partial charge in [0.25, 0.3) is 0 Å². The van der Waals surface area contributed by atoms with Crippen LogP contribution in [0.3, 0.4) is 0 Å². The number of thiazole rings is 1. The number of aromatic nitrogens is 6. The molecule has 1 atom stereocenters. The van der Waals surface area contributed by atoms with Crippen LogP contribution in [0.2, 0.25) is 0 Å². The van der Waals surface area contributed by atoms with Gasteiger partial charge < -0.3 is 10.1 Å². The van der Waals surface area contributed by atoms with E-state index < -0.39 is 6.10 Å². The minimum Gasteiger partial charge on any atom is -0.380 e. The van der Waals surface area contributed by atoms with Crippen molar-refractivity contribution in [1.82, 2.24) is 29.4 Å². The fourth-order valence-electron chi connectivity index (χ4n) is 3.24. The Morgan fingerprint density at radius 3 is 3.12 bits per heavy atom. The van der Waals surface area contributed by atoms with Gasteiger partial charge in [-0.3, -0.25) is 4.40 Å². The number of nitrogens with one attached hydrogen (secondary N) is 1. The molecule has 4 aromatic heterocycles. The van der Waals surface area contributed by atoms with Crippen LogP contribution in [0, 0.1) is 0 Å². The lowest BCUT2D eigenvalue weighted by Crippen LogP contribution is -2.06. The van der Waals surface area contributed by atoms with Crippen LogP contribution in [0.1, 0.15) is 29.3 Å². The van der Waals surface area contributed by atoms with Crippen LogP contribution in [-0.4, -0.2) is 34.5 Å². The fraction of sp³-hybridized carbons (Fsp3) is 0.167. The SMILES string of the molecule is CCc1sc2cncn2c1C(O)c1cn(-c2ccc3[nH]ccc3c2)nn1. The van der Waals surface area contributed by atoms with E-state index in [2.05, 4.69) is 27.2 Å². The quantitative estimate of drug-likeness (QED) is 0.513. The molecule has 5 aromatic rings. The highest BCUT2D eigenvalue weighted by Gasteiger charge is 2.23. The largest absolute Gasteiger partial charge is 0.380 e. The Bertz CT molecular complexity index is 1210. The zero-order chi connectivity index (χ0) is 17.7. The minimum absolute atomic E-state index is 0.516. The van der Waals surface area contributed by atoms with Crippen LogP contribution in [0.15, 0.2) is 49.2 Å². The summed E-state index contributed by atoms with van der Waals surface area (Å²) < 4.78 is 3.62. The monoisotopic (exact) mass is 364 g/mol. The van der Waals surface area contributed by atoms with Crippen molar-refractivity contribution in [3.05, 3.63) is 65.4 Å². The molecule has 0 aliphatic heterocycles. The lowest BCUT2D eigenvalue weighted by Gasteiger charge is -2.08. The molecule has 0 saturated carbocycles. The third-order valence-corrected chi connectivity index (χ3v) is 5.81. The zero-order valence-electron chi connectivity index (χ0n) is 14.0. The van der Waals surface area contributed by atoms with Gasteiger partial charge in [-0.25, -0.2) is 9.67 Å². The van der Waals surface area contributed by atoms with E-state index in [-0.39, 0.29) is 0 Å². The number of aromatic amines is 1. The number of aliphatic hydroxyl groups is 1. The molecule has 130 valence electrons. The van der Waals surface area contributed by atoms with Gasteiger partial charge in [-0.1, -0.05) is 12.1 Å². The predicted octanol–water partition coefficient (Wildman–Crippen LogP) is 3.10. The Kier molecular flexibility index (Phi) is 3.41. The molecule has 0 bridgehead atoms. The number of fused-ring (bicyclic) bond motifs is 2. The summed E-state index contributed by atoms with van der Waals surface area (Å²) >= 11 is 1.64. The highest BCUT2D eigenvalue weighted by Crippen LogP contribution is 2.31. The molecular formula is C18H16N6OS. The van der Waals surface area contributed by atoms with Crippen molar-refractivity contribution >= 4 is 27.1 Å². The summed E-state index contributed by atoms with van der Waals surface area (Å²) in [6.45, 7) is 2.08. The Morgan fingerprint density at radius 2 is 2.23 bits per heavy atom. The highest BCUT2D eigenvalue weighted by atomic mass is 32.1. The number of benzene rings is 1. The van der Waals surface area contributed by atoms with E-state index in [0.29, 0.717) is 5.69 Å². The first kappa shape index (κ1) is 15.3. The molecular weight excluding hydrogens is 348 g/mol. The average molecular weight is 364 g/mol. The molecule has 4 heterocycles. The number of rotatable bonds is 4. The zero-order valence-corrected chi connectivity index (χ0v) is 14.8. The van der Waals surface area contributed by atoms with Crippen LogP contribution in [0.5, 0.6) is 0 Å². The average Bonchev–Trinajstić information content (AvgIpc) is 3.43. The van der Waals surface area contributed by atoms with Crippen molar-refractivity contribution in [3.8, 4) is 5.69 Å². The normalized spacial score (nSPS) is 13.0. The topological polar surface area (TPSA) is 84.0 Å². The second-order valence-corrected chi connectivity index (χ2v) is 7.22. The third-order valence-electron chi connectivity index (χ3n) is 4.55. The maximum absolute atomic E-state index is 10.9. The van der Waals surface area contributed by atoms with Crippen molar-refractivity contribution in [3.63, 3.8) is 0 Å². The highest BCUT2D eigenvalue weighted by molar-refractivity contribution is 7.17. The van der Waals surface area contributed by atoms with Gasteiger partial charge in [0, 0.05) is 22.0 Å². The fourth-order valence-corrected chi connectivity index (χ4v) is 4.31. The van der Waals surface area contributed by atoms with E-state index >= 15 is 0 Å². The van der Waals surface area contributed by atoms with Gasteiger partial charge in [0.2, 0.25) is 0 Å². The number of H-pyrrole nitrogens is 1. The Morgan fingerprint density at radius 1 is 1.31 bits per heavy atom. The number of nitrogens with zero attached hydrogens (tertiary/aromatic N) is 5. The van der Waals surface area contributed by atoms with Crippen LogP contribution < -0.4 is 0 Å². The van der Waals surface area contributed by atoms with E-state index in [1.54, 1.807) is 28.5 Å². The second-order valence-electron chi connectivity index (χ2n) is 6.11. The second kappa shape index (κ2) is 5.79. The summed E-state index contributed by atoms with van der Waals surface area (Å²) in [6, 6.07) is 8.03. The van der Waals surface area contributed by atoms with Crippen molar-refractivity contribution in [2.24, 2.45) is 0 Å². The van der Waals surface area contributed by atoms with Gasteiger partial charge in [0.1, 0.15) is 23.0 Å². The van der Waals surface area contributed by atoms with E-state index in [0.717, 1.165) is 38.4 Å². The van der Waals surface area contributed by atoms with Gasteiger partial charge in [0.05, 0.1) is 23.8 Å². The molecule has 2 N–H and O–H groups in total. The Hall–Kier alpha value is -2.97. The van der Waals surface area contributed by atoms with Gasteiger partial charge in [-0.2, -0.15) is 0 Å². The van der Waals surface area contributed by atoms with E-state index in [9.17, 15) is 5.11 Å². The number of aryl methyl sites for hydroxylation is 1. The lowest BCUT2D eigenvalue weighted by atomic mass is 10.1. The summed E-state index contributed by atoms with van der Waals surface area (Å²) in [4.78, 5) is 9.48. The number of imidazole rings is 1. The summed E-state index contributed by atoms with van der Waals surface area (Å²) in [5, 5.41) is 20.5. The van der Waals surface area contributed by atoms with Crippen LogP contribution in [0.25, 0.3) is 21.4 Å². The Balaban J connectivity index is 1.55. The molecule has 0 radical (unpaired) electrons. The number of hydrogen-bond donors (Lipinski definition) is 2. The standard InChI is InChI=1S/C18H16N6OS/c1-2-15-17(23-10-19-8-16(23)26-15)18(25)14-9-24(22-21-14)12-3-4-13-11(7-12)5-6-20-13/h3-10,18,20,25H,2H2,1H3. The Labute approximate surface area is 152 Å². The smallest absolute Gasteiger partial charge is 0.141 e. The van der Waals surface area contributed by atoms with Gasteiger partial charge >= 0.3 is 0 Å². The molecule has 0 saturated heterocycles. The molecule has 0 aliphatic carbocycles. The first-order valence-electron chi connectivity index (χ1n) is 8.36. The van der Waals surface area contributed by atoms with Crippen molar-refractivity contribution < 1.29 is 5.11 Å². The number of hydrogen-bond acceptors (Lipinski definition) is 5. The summed E-state index contributed by atoms with van der Waals surface area (Å²) in [7, 11) is 0. The molecule has 7 nitrogen and oxygen atoms in total. The molecule has 0 amide bonds. The molecule has 0 aliphatic rings. The van der Waals surface area contributed by atoms with Gasteiger partial charge in [0.15, 0.2) is 0 Å². The van der Waals surface area contributed by atoms with E-state index in [4.69, 9.17) is 0 Å². The molecule has 0 fully saturated rings. The van der Waals surface area contributed by atoms with Crippen molar-refractivity contribution in [2.45, 2.75) is 19.4 Å². The van der Waals surface area contributed by atoms with Gasteiger partial charge in [-0.05, 0) is 30.7 Å². The predicted molar refractivity (Wildman–Crippen MR) is 99.7 cm³/mol. The van der Waals surface area contributed by atoms with Gasteiger partial charge in [-0.15, -0.1) is 16.4 Å². The molecule has 0 spiro atoms. The molecule has 1 aromatic carbocycles. The summed E-state index contributed by atoms with van der Waals surface area (Å²) in [5.74, 6) is 0.